The summed E-state index contributed by atoms with van der Waals surface area (Å²) in [4.78, 5) is 117. The van der Waals surface area contributed by atoms with Gasteiger partial charge >= 0.3 is 5.97 Å². The molecule has 14 N–H and O–H groups in total. The molecule has 1 aliphatic heterocycles. The van der Waals surface area contributed by atoms with E-state index >= 15 is 0 Å². The summed E-state index contributed by atoms with van der Waals surface area (Å²) in [5, 5.41) is 46.2. The van der Waals surface area contributed by atoms with E-state index in [1.807, 2.05) is 0 Å². The molecule has 0 bridgehead atoms. The number of unbranched alkanes of at least 4 members (excludes halogenated alkanes) is 1. The molecule has 1 saturated heterocycles. The number of carbonyl (C=O) groups excluding carboxylic acids is 8. The molecule has 0 radical (unpaired) electrons. The van der Waals surface area contributed by atoms with Gasteiger partial charge in [0.1, 0.15) is 42.3 Å². The molecule has 22 nitrogen and oxygen atoms in total. The van der Waals surface area contributed by atoms with Crippen LogP contribution in [-0.4, -0.2) is 166 Å². The van der Waals surface area contributed by atoms with Crippen molar-refractivity contribution in [3.63, 3.8) is 0 Å². The fourth-order valence-electron chi connectivity index (χ4n) is 5.80. The van der Waals surface area contributed by atoms with Crippen molar-refractivity contribution < 1.29 is 58.5 Å². The van der Waals surface area contributed by atoms with E-state index in [4.69, 9.17) is 16.6 Å². The predicted octanol–water partition coefficient (Wildman–Crippen LogP) is -5.16. The number of thiol groups is 2. The number of carboxylic acids is 1. The molecule has 0 aromatic rings. The smallest absolute Gasteiger partial charge is 0.327 e. The van der Waals surface area contributed by atoms with Crippen LogP contribution in [0.25, 0.3) is 0 Å². The van der Waals surface area contributed by atoms with Crippen molar-refractivity contribution in [2.75, 3.05) is 37.7 Å². The van der Waals surface area contributed by atoms with Crippen LogP contribution in [0.15, 0.2) is 0 Å². The lowest BCUT2D eigenvalue weighted by Gasteiger charge is -2.29. The van der Waals surface area contributed by atoms with Crippen LogP contribution < -0.4 is 48.7 Å². The minimum absolute atomic E-state index is 0.0242. The van der Waals surface area contributed by atoms with Crippen molar-refractivity contribution in [3.05, 3.63) is 0 Å². The molecule has 59 heavy (non-hydrogen) atoms. The van der Waals surface area contributed by atoms with Crippen LogP contribution in [0.3, 0.4) is 0 Å². The number of nitrogens with two attached hydrogens (primary N) is 2. The van der Waals surface area contributed by atoms with Crippen LogP contribution in [0, 0.1) is 5.92 Å². The van der Waals surface area contributed by atoms with Crippen molar-refractivity contribution in [2.45, 2.75) is 121 Å². The highest BCUT2D eigenvalue weighted by atomic mass is 32.1. The number of rotatable bonds is 26. The zero-order valence-electron chi connectivity index (χ0n) is 33.8. The van der Waals surface area contributed by atoms with E-state index in [9.17, 15) is 53.4 Å². The Morgan fingerprint density at radius 2 is 1.34 bits per heavy atom. The first kappa shape index (κ1) is 52.8. The van der Waals surface area contributed by atoms with Gasteiger partial charge in [-0.3, -0.25) is 38.4 Å². The third-order valence-corrected chi connectivity index (χ3v) is 9.93. The van der Waals surface area contributed by atoms with Crippen molar-refractivity contribution >= 4 is 78.5 Å². The summed E-state index contributed by atoms with van der Waals surface area (Å²) in [6.07, 6.45) is 0.161. The Kier molecular flexibility index (Phi) is 24.0. The molecule has 0 aromatic heterocycles. The Balaban J connectivity index is 3.13. The molecule has 1 aliphatic rings. The molecule has 1 fully saturated rings. The monoisotopic (exact) mass is 878 g/mol. The van der Waals surface area contributed by atoms with Gasteiger partial charge in [-0.1, -0.05) is 13.8 Å². The van der Waals surface area contributed by atoms with Gasteiger partial charge in [0, 0.05) is 18.1 Å². The molecule has 0 aliphatic carbocycles. The molecule has 0 spiro atoms. The van der Waals surface area contributed by atoms with Crippen LogP contribution in [0.5, 0.6) is 0 Å². The fraction of sp³-hybridized carbons (Fsp3) is 0.743. The lowest BCUT2D eigenvalue weighted by atomic mass is 10.0. The maximum Gasteiger partial charge on any atom is 0.327 e. The Labute approximate surface area is 354 Å². The molecule has 9 atom stereocenters. The van der Waals surface area contributed by atoms with Crippen molar-refractivity contribution in [1.82, 2.24) is 42.1 Å². The average Bonchev–Trinajstić information content (AvgIpc) is 3.68. The molecule has 8 amide bonds. The summed E-state index contributed by atoms with van der Waals surface area (Å²) in [5.74, 6) is -8.11. The van der Waals surface area contributed by atoms with Crippen LogP contribution in [0.2, 0.25) is 0 Å². The van der Waals surface area contributed by atoms with E-state index in [0.29, 0.717) is 25.7 Å². The molecule has 336 valence electrons. The SMILES string of the molecule is CC(C)C[C@H](NC(=O)[C@@H]1CCCN1C(=O)CNC(=O)[C@@H](N)CS)C(=O)N[C@@H](CCCCN)C(=O)N[C@H](C(=O)N[C@@H](CO)C(=O)N[C@@H](C)C(=O)N[C@@H](CS)C(=O)O)[C@@H](C)O. The van der Waals surface area contributed by atoms with Gasteiger partial charge in [-0.15, -0.1) is 0 Å². The first-order valence-corrected chi connectivity index (χ1v) is 20.6. The lowest BCUT2D eigenvalue weighted by Crippen LogP contribution is -2.62. The average molecular weight is 879 g/mol. The van der Waals surface area contributed by atoms with Crippen LogP contribution in [0.1, 0.15) is 66.2 Å². The number of aliphatic hydroxyl groups excluding tert-OH is 2. The highest BCUT2D eigenvalue weighted by Gasteiger charge is 2.38. The number of aliphatic hydroxyl groups is 2. The summed E-state index contributed by atoms with van der Waals surface area (Å²) < 4.78 is 0. The van der Waals surface area contributed by atoms with E-state index in [-0.39, 0.29) is 43.4 Å². The van der Waals surface area contributed by atoms with Crippen LogP contribution >= 0.6 is 25.3 Å². The number of nitrogens with one attached hydrogen (secondary N) is 7. The number of carboxylic acid groups (broad SMARTS) is 1. The molecule has 0 aromatic carbocycles. The maximum absolute atomic E-state index is 13.8. The van der Waals surface area contributed by atoms with Gasteiger partial charge in [-0.05, 0) is 64.8 Å². The largest absolute Gasteiger partial charge is 0.480 e. The number of aliphatic carboxylic acids is 1. The van der Waals surface area contributed by atoms with Crippen LogP contribution in [0.4, 0.5) is 0 Å². The first-order valence-electron chi connectivity index (χ1n) is 19.3. The number of carbonyl (C=O) groups is 9. The van der Waals surface area contributed by atoms with Gasteiger partial charge in [-0.2, -0.15) is 25.3 Å². The normalized spacial score (nSPS) is 17.8. The molecule has 1 rings (SSSR count). The summed E-state index contributed by atoms with van der Waals surface area (Å²) in [5.41, 5.74) is 11.3. The van der Waals surface area contributed by atoms with E-state index in [1.54, 1.807) is 13.8 Å². The van der Waals surface area contributed by atoms with Crippen LogP contribution in [-0.2, 0) is 43.2 Å². The second-order valence-electron chi connectivity index (χ2n) is 14.6. The molecular weight excluding hydrogens is 817 g/mol. The second kappa shape index (κ2) is 26.8. The number of amides is 8. The Morgan fingerprint density at radius 3 is 1.88 bits per heavy atom. The molecule has 24 heteroatoms. The Bertz CT molecular complexity index is 1480. The van der Waals surface area contributed by atoms with Gasteiger partial charge in [-0.25, -0.2) is 4.79 Å². The molecule has 0 unspecified atom stereocenters. The topological polar surface area (TPSA) is 354 Å². The number of hydrogen-bond acceptors (Lipinski definition) is 15. The fourth-order valence-corrected chi connectivity index (χ4v) is 6.21. The number of hydrogen-bond donors (Lipinski definition) is 14. The third kappa shape index (κ3) is 17.9. The number of nitrogens with zero attached hydrogens (tertiary/aromatic N) is 1. The van der Waals surface area contributed by atoms with Crippen molar-refractivity contribution in [2.24, 2.45) is 17.4 Å². The molecule has 1 heterocycles. The second-order valence-corrected chi connectivity index (χ2v) is 15.3. The predicted molar refractivity (Wildman–Crippen MR) is 219 cm³/mol. The van der Waals surface area contributed by atoms with E-state index in [1.165, 1.54) is 18.7 Å². The van der Waals surface area contributed by atoms with Gasteiger partial charge < -0.3 is 68.9 Å². The van der Waals surface area contributed by atoms with Gasteiger partial charge in [0.15, 0.2) is 0 Å². The van der Waals surface area contributed by atoms with Crippen molar-refractivity contribution in [1.29, 1.82) is 0 Å². The Morgan fingerprint density at radius 1 is 0.746 bits per heavy atom. The zero-order valence-corrected chi connectivity index (χ0v) is 35.6. The number of likely N-dealkylation sites (tertiary alicyclic amines) is 1. The molecular formula is C35H62N10O12S2. The zero-order chi connectivity index (χ0) is 45.0. The van der Waals surface area contributed by atoms with Gasteiger partial charge in [0.2, 0.25) is 47.3 Å². The highest BCUT2D eigenvalue weighted by Crippen LogP contribution is 2.18. The lowest BCUT2D eigenvalue weighted by molar-refractivity contribution is -0.141. The minimum atomic E-state index is -1.72. The summed E-state index contributed by atoms with van der Waals surface area (Å²) >= 11 is 7.82. The van der Waals surface area contributed by atoms with Crippen molar-refractivity contribution in [3.8, 4) is 0 Å². The molecule has 0 saturated carbocycles. The quantitative estimate of drug-likeness (QED) is 0.0286. The summed E-state index contributed by atoms with van der Waals surface area (Å²) in [7, 11) is 0. The van der Waals surface area contributed by atoms with E-state index in [2.05, 4.69) is 62.5 Å². The highest BCUT2D eigenvalue weighted by molar-refractivity contribution is 7.80. The third-order valence-electron chi connectivity index (χ3n) is 9.17. The summed E-state index contributed by atoms with van der Waals surface area (Å²) in [6, 6.07) is -10.4. The minimum Gasteiger partial charge on any atom is -0.480 e. The van der Waals surface area contributed by atoms with E-state index in [0.717, 1.165) is 0 Å². The maximum atomic E-state index is 13.8. The summed E-state index contributed by atoms with van der Waals surface area (Å²) in [6.45, 7) is 5.13. The van der Waals surface area contributed by atoms with Gasteiger partial charge in [0.25, 0.3) is 0 Å². The van der Waals surface area contributed by atoms with Gasteiger partial charge in [0.05, 0.1) is 25.3 Å². The standard InChI is InChI=1S/C35H62N10O12S2/c1-17(2)12-22(41-33(54)25-9-7-11-45(25)26(48)13-38-29(50)20(37)15-58)31(52)40-21(8-5-6-10-36)30(51)44-27(19(4)47)34(55)42-23(14-46)32(53)39-18(3)28(49)43-24(16-59)35(56)57/h17-25,27,46-47,58-59H,5-16,36-37H2,1-4H3,(H,38,50)(H,39,53)(H,40,52)(H,41,54)(H,42,55)(H,43,49)(H,44,51)(H,56,57)/t18-,19+,20-,21-,22-,23-,24-,25-,27-/m0/s1. The van der Waals surface area contributed by atoms with E-state index < -0.39 is 121 Å². The first-order chi connectivity index (χ1) is 27.7. The Hall–Kier alpha value is -4.23.